The Labute approximate surface area is 182 Å². The van der Waals surface area contributed by atoms with Crippen LogP contribution in [0.15, 0.2) is 42.5 Å². The number of nitrogens with zero attached hydrogens (tertiary/aromatic N) is 1. The fourth-order valence-electron chi connectivity index (χ4n) is 2.96. The first-order valence-electron chi connectivity index (χ1n) is 9.18. The number of nitrogens with one attached hydrogen (secondary N) is 1. The van der Waals surface area contributed by atoms with Crippen molar-refractivity contribution >= 4 is 52.6 Å². The van der Waals surface area contributed by atoms with Crippen molar-refractivity contribution in [3.63, 3.8) is 0 Å². The largest absolute Gasteiger partial charge is 0.453 e. The number of hydrogen-bond acceptors (Lipinski definition) is 5. The van der Waals surface area contributed by atoms with Crippen LogP contribution in [0.3, 0.4) is 0 Å². The molecule has 2 aromatic carbocycles. The number of amides is 3. The monoisotopic (exact) mass is 448 g/mol. The maximum absolute atomic E-state index is 12.3. The van der Waals surface area contributed by atoms with E-state index in [1.165, 1.54) is 19.1 Å². The Balaban J connectivity index is 1.47. The zero-order chi connectivity index (χ0) is 21.8. The number of esters is 1. The molecule has 0 saturated carbocycles. The number of rotatable bonds is 7. The van der Waals surface area contributed by atoms with E-state index in [0.717, 1.165) is 4.90 Å². The highest BCUT2D eigenvalue weighted by Crippen LogP contribution is 2.26. The van der Waals surface area contributed by atoms with Crippen LogP contribution in [-0.2, 0) is 14.3 Å². The van der Waals surface area contributed by atoms with Crippen LogP contribution in [0.2, 0.25) is 10.0 Å². The summed E-state index contributed by atoms with van der Waals surface area (Å²) in [6.07, 6.45) is -0.895. The smallest absolute Gasteiger partial charge is 0.306 e. The number of carbonyl (C=O) groups excluding carboxylic acids is 4. The summed E-state index contributed by atoms with van der Waals surface area (Å²) in [4.78, 5) is 50.0. The third-order valence-corrected chi connectivity index (χ3v) is 5.07. The second-order valence-electron chi connectivity index (χ2n) is 6.66. The highest BCUT2D eigenvalue weighted by Gasteiger charge is 2.34. The molecule has 7 nitrogen and oxygen atoms in total. The molecule has 0 aromatic heterocycles. The van der Waals surface area contributed by atoms with Gasteiger partial charge in [0.25, 0.3) is 17.7 Å². The Bertz CT molecular complexity index is 989. The van der Waals surface area contributed by atoms with E-state index in [9.17, 15) is 19.2 Å². The molecule has 0 saturated heterocycles. The Morgan fingerprint density at radius 2 is 1.70 bits per heavy atom. The first-order chi connectivity index (χ1) is 14.3. The van der Waals surface area contributed by atoms with Gasteiger partial charge in [0.1, 0.15) is 0 Å². The third-order valence-electron chi connectivity index (χ3n) is 4.50. The van der Waals surface area contributed by atoms with Gasteiger partial charge in [0.15, 0.2) is 6.10 Å². The van der Waals surface area contributed by atoms with E-state index in [1.54, 1.807) is 30.3 Å². The van der Waals surface area contributed by atoms with Crippen molar-refractivity contribution in [1.29, 1.82) is 0 Å². The maximum atomic E-state index is 12.3. The van der Waals surface area contributed by atoms with Gasteiger partial charge < -0.3 is 10.1 Å². The maximum Gasteiger partial charge on any atom is 0.306 e. The number of halogens is 2. The van der Waals surface area contributed by atoms with Crippen LogP contribution in [0.4, 0.5) is 5.69 Å². The van der Waals surface area contributed by atoms with Crippen molar-refractivity contribution < 1.29 is 23.9 Å². The molecule has 30 heavy (non-hydrogen) atoms. The van der Waals surface area contributed by atoms with E-state index < -0.39 is 18.0 Å². The molecule has 156 valence electrons. The van der Waals surface area contributed by atoms with E-state index in [0.29, 0.717) is 26.9 Å². The number of carbonyl (C=O) groups is 4. The van der Waals surface area contributed by atoms with Crippen molar-refractivity contribution in [3.8, 4) is 0 Å². The predicted octanol–water partition coefficient (Wildman–Crippen LogP) is 3.94. The molecule has 1 aliphatic rings. The standard InChI is InChI=1S/C21H18Cl2N2O5/c1-12(19(27)24-17-11-13(22)8-9-16(17)23)30-18(26)7-4-10-25-20(28)14-5-2-3-6-15(14)21(25)29/h2-3,5-6,8-9,11-12H,4,7,10H2,1H3,(H,24,27). The fourth-order valence-corrected chi connectivity index (χ4v) is 3.30. The molecule has 1 aliphatic heterocycles. The van der Waals surface area contributed by atoms with E-state index in [-0.39, 0.29) is 31.2 Å². The minimum Gasteiger partial charge on any atom is -0.453 e. The third kappa shape index (κ3) is 4.80. The molecule has 0 fully saturated rings. The lowest BCUT2D eigenvalue weighted by Crippen LogP contribution is -2.32. The van der Waals surface area contributed by atoms with Gasteiger partial charge >= 0.3 is 5.97 Å². The zero-order valence-electron chi connectivity index (χ0n) is 16.0. The van der Waals surface area contributed by atoms with Crippen LogP contribution in [0, 0.1) is 0 Å². The highest BCUT2D eigenvalue weighted by molar-refractivity contribution is 6.35. The van der Waals surface area contributed by atoms with E-state index in [1.807, 2.05) is 0 Å². The van der Waals surface area contributed by atoms with Gasteiger partial charge in [-0.05, 0) is 43.7 Å². The average molecular weight is 449 g/mol. The van der Waals surface area contributed by atoms with Gasteiger partial charge in [0.2, 0.25) is 0 Å². The van der Waals surface area contributed by atoms with Gasteiger partial charge in [-0.15, -0.1) is 0 Å². The molecule has 0 spiro atoms. The first-order valence-corrected chi connectivity index (χ1v) is 9.94. The van der Waals surface area contributed by atoms with Crippen LogP contribution in [0.1, 0.15) is 40.5 Å². The van der Waals surface area contributed by atoms with E-state index in [4.69, 9.17) is 27.9 Å². The second-order valence-corrected chi connectivity index (χ2v) is 7.50. The molecule has 1 heterocycles. The molecular formula is C21H18Cl2N2O5. The molecule has 3 rings (SSSR count). The molecular weight excluding hydrogens is 431 g/mol. The second kappa shape index (κ2) is 9.28. The SMILES string of the molecule is CC(OC(=O)CCCN1C(=O)c2ccccc2C1=O)C(=O)Nc1cc(Cl)ccc1Cl. The highest BCUT2D eigenvalue weighted by atomic mass is 35.5. The minimum atomic E-state index is -1.06. The molecule has 3 amide bonds. The van der Waals surface area contributed by atoms with Crippen LogP contribution in [-0.4, -0.2) is 41.2 Å². The Hall–Kier alpha value is -2.90. The summed E-state index contributed by atoms with van der Waals surface area (Å²) in [7, 11) is 0. The molecule has 2 aromatic rings. The molecule has 1 unspecified atom stereocenters. The number of benzene rings is 2. The van der Waals surface area contributed by atoms with Crippen LogP contribution in [0.5, 0.6) is 0 Å². The van der Waals surface area contributed by atoms with Gasteiger partial charge in [0, 0.05) is 18.0 Å². The number of hydrogen-bond donors (Lipinski definition) is 1. The van der Waals surface area contributed by atoms with E-state index >= 15 is 0 Å². The molecule has 0 aliphatic carbocycles. The quantitative estimate of drug-likeness (QED) is 0.511. The summed E-state index contributed by atoms with van der Waals surface area (Å²) in [6, 6.07) is 11.2. The molecule has 0 radical (unpaired) electrons. The van der Waals surface area contributed by atoms with Gasteiger partial charge in [-0.1, -0.05) is 35.3 Å². The van der Waals surface area contributed by atoms with Crippen molar-refractivity contribution in [2.75, 3.05) is 11.9 Å². The van der Waals surface area contributed by atoms with E-state index in [2.05, 4.69) is 5.32 Å². The lowest BCUT2D eigenvalue weighted by atomic mass is 10.1. The number of anilines is 1. The normalized spacial score (nSPS) is 13.8. The summed E-state index contributed by atoms with van der Waals surface area (Å²) in [6.45, 7) is 1.51. The van der Waals surface area contributed by atoms with Crippen molar-refractivity contribution in [1.82, 2.24) is 4.90 Å². The Morgan fingerprint density at radius 1 is 1.07 bits per heavy atom. The Kier molecular flexibility index (Phi) is 6.74. The lowest BCUT2D eigenvalue weighted by Gasteiger charge is -2.16. The van der Waals surface area contributed by atoms with Crippen molar-refractivity contribution in [3.05, 3.63) is 63.6 Å². The molecule has 1 atom stereocenters. The average Bonchev–Trinajstić information content (AvgIpc) is 2.95. The van der Waals surface area contributed by atoms with Gasteiger partial charge in [0.05, 0.1) is 21.8 Å². The Morgan fingerprint density at radius 3 is 2.33 bits per heavy atom. The first kappa shape index (κ1) is 21.8. The summed E-state index contributed by atoms with van der Waals surface area (Å²) in [5.41, 5.74) is 1.02. The molecule has 0 bridgehead atoms. The molecule has 9 heteroatoms. The summed E-state index contributed by atoms with van der Waals surface area (Å²) >= 11 is 11.9. The predicted molar refractivity (Wildman–Crippen MR) is 112 cm³/mol. The fraction of sp³-hybridized carbons (Fsp3) is 0.238. The van der Waals surface area contributed by atoms with Gasteiger partial charge in [-0.3, -0.25) is 24.1 Å². The number of fused-ring (bicyclic) bond motifs is 1. The van der Waals surface area contributed by atoms with Crippen molar-refractivity contribution in [2.45, 2.75) is 25.9 Å². The van der Waals surface area contributed by atoms with Crippen molar-refractivity contribution in [2.24, 2.45) is 0 Å². The summed E-state index contributed by atoms with van der Waals surface area (Å²) < 4.78 is 5.12. The van der Waals surface area contributed by atoms with Gasteiger partial charge in [-0.2, -0.15) is 0 Å². The van der Waals surface area contributed by atoms with Gasteiger partial charge in [-0.25, -0.2) is 0 Å². The number of ether oxygens (including phenoxy) is 1. The topological polar surface area (TPSA) is 92.8 Å². The minimum absolute atomic E-state index is 0.0526. The van der Waals surface area contributed by atoms with Crippen LogP contribution >= 0.6 is 23.2 Å². The van der Waals surface area contributed by atoms with Crippen LogP contribution in [0.25, 0.3) is 0 Å². The zero-order valence-corrected chi connectivity index (χ0v) is 17.5. The summed E-state index contributed by atoms with van der Waals surface area (Å²) in [5.74, 6) is -1.94. The summed E-state index contributed by atoms with van der Waals surface area (Å²) in [5, 5.41) is 3.24. The lowest BCUT2D eigenvalue weighted by molar-refractivity contribution is -0.153. The number of imide groups is 1. The van der Waals surface area contributed by atoms with Crippen LogP contribution < -0.4 is 5.32 Å². The molecule has 1 N–H and O–H groups in total.